The molecule has 3 nitrogen and oxygen atoms in total. The van der Waals surface area contributed by atoms with Gasteiger partial charge in [0.25, 0.3) is 5.78 Å². The fraction of sp³-hybridized carbons (Fsp3) is 0.200. The first-order chi connectivity index (χ1) is 8.75. The molecule has 0 aliphatic heterocycles. The molecule has 3 heteroatoms. The van der Waals surface area contributed by atoms with Crippen LogP contribution in [0.25, 0.3) is 0 Å². The molecule has 1 aromatic carbocycles. The van der Waals surface area contributed by atoms with E-state index in [9.17, 15) is 9.59 Å². The summed E-state index contributed by atoms with van der Waals surface area (Å²) in [5.41, 5.74) is 0.348. The van der Waals surface area contributed by atoms with Crippen molar-refractivity contribution in [3.05, 3.63) is 35.9 Å². The van der Waals surface area contributed by atoms with E-state index in [0.29, 0.717) is 18.6 Å². The number of carbonyl (C=O) groups excluding carboxylic acids is 2. The molecule has 0 N–H and O–H groups in total. The van der Waals surface area contributed by atoms with E-state index in [1.54, 1.807) is 30.3 Å². The van der Waals surface area contributed by atoms with E-state index >= 15 is 0 Å². The summed E-state index contributed by atoms with van der Waals surface area (Å²) in [5.74, 6) is 5.88. The molecular formula is C15H12O3. The Morgan fingerprint density at radius 1 is 1.22 bits per heavy atom. The summed E-state index contributed by atoms with van der Waals surface area (Å²) in [4.78, 5) is 23.0. The molecule has 0 spiro atoms. The lowest BCUT2D eigenvalue weighted by Crippen LogP contribution is -2.11. The molecule has 0 saturated heterocycles. The lowest BCUT2D eigenvalue weighted by molar-refractivity contribution is -0.110. The minimum Gasteiger partial charge on any atom is -0.368 e. The Hall–Kier alpha value is -2.36. The van der Waals surface area contributed by atoms with E-state index in [0.717, 1.165) is 0 Å². The summed E-state index contributed by atoms with van der Waals surface area (Å²) in [6, 6.07) is 8.33. The SMILES string of the molecule is C#CCOCCC#CC(=O)C(=O)c1ccccc1. The Morgan fingerprint density at radius 2 is 1.94 bits per heavy atom. The summed E-state index contributed by atoms with van der Waals surface area (Å²) < 4.78 is 4.97. The van der Waals surface area contributed by atoms with E-state index in [-0.39, 0.29) is 6.61 Å². The predicted octanol–water partition coefficient (Wildman–Crippen LogP) is 1.48. The van der Waals surface area contributed by atoms with E-state index in [4.69, 9.17) is 11.2 Å². The molecule has 1 aromatic rings. The topological polar surface area (TPSA) is 43.4 Å². The minimum absolute atomic E-state index is 0.221. The second-order valence-corrected chi connectivity index (χ2v) is 3.33. The highest BCUT2D eigenvalue weighted by atomic mass is 16.5. The number of benzene rings is 1. The maximum atomic E-state index is 11.6. The fourth-order valence-electron chi connectivity index (χ4n) is 1.17. The molecule has 0 radical (unpaired) electrons. The minimum atomic E-state index is -0.710. The molecule has 0 aliphatic rings. The van der Waals surface area contributed by atoms with Crippen LogP contribution >= 0.6 is 0 Å². The number of hydrogen-bond donors (Lipinski definition) is 0. The van der Waals surface area contributed by atoms with Crippen molar-refractivity contribution >= 4 is 11.6 Å². The molecule has 0 aromatic heterocycles. The lowest BCUT2D eigenvalue weighted by Gasteiger charge is -1.94. The van der Waals surface area contributed by atoms with Crippen molar-refractivity contribution in [2.45, 2.75) is 6.42 Å². The molecule has 0 atom stereocenters. The van der Waals surface area contributed by atoms with Crippen LogP contribution in [-0.4, -0.2) is 24.8 Å². The maximum absolute atomic E-state index is 11.6. The highest BCUT2D eigenvalue weighted by Crippen LogP contribution is 2.00. The van der Waals surface area contributed by atoms with Gasteiger partial charge in [0.1, 0.15) is 6.61 Å². The van der Waals surface area contributed by atoms with Crippen LogP contribution < -0.4 is 0 Å². The summed E-state index contributed by atoms with van der Waals surface area (Å²) in [6.45, 7) is 0.572. The normalized spacial score (nSPS) is 8.83. The van der Waals surface area contributed by atoms with E-state index in [2.05, 4.69) is 17.8 Å². The standard InChI is InChI=1S/C15H12O3/c1-2-11-18-12-7-6-10-14(16)15(17)13-8-4-3-5-9-13/h1,3-5,8-9H,7,11-12H2. The quantitative estimate of drug-likeness (QED) is 0.257. The van der Waals surface area contributed by atoms with Crippen molar-refractivity contribution in [2.75, 3.05) is 13.2 Å². The third kappa shape index (κ3) is 4.65. The molecule has 0 saturated carbocycles. The maximum Gasteiger partial charge on any atom is 0.276 e. The molecule has 0 unspecified atom stereocenters. The summed E-state index contributed by atoms with van der Waals surface area (Å²) in [5, 5.41) is 0. The molecule has 0 fully saturated rings. The molecule has 0 heterocycles. The molecule has 0 bridgehead atoms. The monoisotopic (exact) mass is 240 g/mol. The van der Waals surface area contributed by atoms with E-state index < -0.39 is 11.6 Å². The van der Waals surface area contributed by atoms with Gasteiger partial charge in [0.2, 0.25) is 5.78 Å². The van der Waals surface area contributed by atoms with E-state index in [1.807, 2.05) is 0 Å². The smallest absolute Gasteiger partial charge is 0.276 e. The largest absolute Gasteiger partial charge is 0.368 e. The first-order valence-corrected chi connectivity index (χ1v) is 5.39. The Bertz CT molecular complexity index is 512. The fourth-order valence-corrected chi connectivity index (χ4v) is 1.17. The number of carbonyl (C=O) groups is 2. The summed E-state index contributed by atoms with van der Waals surface area (Å²) in [7, 11) is 0. The second-order valence-electron chi connectivity index (χ2n) is 3.33. The van der Waals surface area contributed by atoms with Crippen molar-refractivity contribution in [1.82, 2.24) is 0 Å². The zero-order chi connectivity index (χ0) is 13.2. The summed E-state index contributed by atoms with van der Waals surface area (Å²) in [6.07, 6.45) is 5.36. The van der Waals surface area contributed by atoms with Crippen LogP contribution in [0.15, 0.2) is 30.3 Å². The van der Waals surface area contributed by atoms with Crippen LogP contribution in [0, 0.1) is 24.2 Å². The van der Waals surface area contributed by atoms with E-state index in [1.165, 1.54) is 0 Å². The van der Waals surface area contributed by atoms with Gasteiger partial charge in [0, 0.05) is 12.0 Å². The first kappa shape index (κ1) is 13.7. The van der Waals surface area contributed by atoms with Gasteiger partial charge in [-0.3, -0.25) is 9.59 Å². The molecule has 0 amide bonds. The van der Waals surface area contributed by atoms with Crippen LogP contribution in [0.2, 0.25) is 0 Å². The number of Topliss-reactive ketones (excluding diaryl/α,β-unsaturated/α-hetero) is 2. The number of ether oxygens (including phenoxy) is 1. The third-order valence-electron chi connectivity index (χ3n) is 2.00. The van der Waals surface area contributed by atoms with Crippen molar-refractivity contribution < 1.29 is 14.3 Å². The molecule has 0 aliphatic carbocycles. The molecule has 90 valence electrons. The van der Waals surface area contributed by atoms with Gasteiger partial charge in [-0.05, 0) is 5.92 Å². The van der Waals surface area contributed by atoms with Gasteiger partial charge in [0.15, 0.2) is 0 Å². The van der Waals surface area contributed by atoms with Crippen LogP contribution in [0.1, 0.15) is 16.8 Å². The van der Waals surface area contributed by atoms with Crippen LogP contribution in [0.4, 0.5) is 0 Å². The zero-order valence-corrected chi connectivity index (χ0v) is 9.81. The Labute approximate surface area is 106 Å². The van der Waals surface area contributed by atoms with Gasteiger partial charge in [-0.2, -0.15) is 0 Å². The zero-order valence-electron chi connectivity index (χ0n) is 9.81. The summed E-state index contributed by atoms with van der Waals surface area (Å²) >= 11 is 0. The Kier molecular flexibility index (Phi) is 5.97. The third-order valence-corrected chi connectivity index (χ3v) is 2.00. The molecular weight excluding hydrogens is 228 g/mol. The van der Waals surface area contributed by atoms with Crippen LogP contribution in [-0.2, 0) is 9.53 Å². The molecule has 1 rings (SSSR count). The van der Waals surface area contributed by atoms with Crippen LogP contribution in [0.3, 0.4) is 0 Å². The number of rotatable bonds is 5. The predicted molar refractivity (Wildman–Crippen MR) is 67.8 cm³/mol. The van der Waals surface area contributed by atoms with Crippen LogP contribution in [0.5, 0.6) is 0 Å². The van der Waals surface area contributed by atoms with Crippen molar-refractivity contribution in [3.63, 3.8) is 0 Å². The number of terminal acetylenes is 1. The average Bonchev–Trinajstić information content (AvgIpc) is 2.42. The van der Waals surface area contributed by atoms with Gasteiger partial charge in [-0.1, -0.05) is 42.2 Å². The van der Waals surface area contributed by atoms with Gasteiger partial charge in [0.05, 0.1) is 6.61 Å². The highest BCUT2D eigenvalue weighted by Gasteiger charge is 2.12. The van der Waals surface area contributed by atoms with Gasteiger partial charge in [-0.15, -0.1) is 6.42 Å². The van der Waals surface area contributed by atoms with Gasteiger partial charge < -0.3 is 4.74 Å². The Balaban J connectivity index is 2.44. The van der Waals surface area contributed by atoms with Crippen molar-refractivity contribution in [2.24, 2.45) is 0 Å². The average molecular weight is 240 g/mol. The Morgan fingerprint density at radius 3 is 2.61 bits per heavy atom. The first-order valence-electron chi connectivity index (χ1n) is 5.39. The van der Waals surface area contributed by atoms with Gasteiger partial charge >= 0.3 is 0 Å². The highest BCUT2D eigenvalue weighted by molar-refractivity contribution is 6.49. The lowest BCUT2D eigenvalue weighted by atomic mass is 10.1. The van der Waals surface area contributed by atoms with Gasteiger partial charge in [-0.25, -0.2) is 0 Å². The molecule has 18 heavy (non-hydrogen) atoms. The number of ketones is 2. The van der Waals surface area contributed by atoms with Crippen molar-refractivity contribution in [3.8, 4) is 24.2 Å². The van der Waals surface area contributed by atoms with Crippen molar-refractivity contribution in [1.29, 1.82) is 0 Å². The number of hydrogen-bond acceptors (Lipinski definition) is 3. The second kappa shape index (κ2) is 7.84.